The van der Waals surface area contributed by atoms with Gasteiger partial charge in [0.05, 0.1) is 0 Å². The molecule has 0 saturated heterocycles. The number of rotatable bonds is 2. The van der Waals surface area contributed by atoms with Crippen molar-refractivity contribution >= 4 is 28.1 Å². The van der Waals surface area contributed by atoms with Crippen LogP contribution in [0.25, 0.3) is 10.8 Å². The van der Waals surface area contributed by atoms with Crippen LogP contribution in [-0.2, 0) is 0 Å². The normalized spacial score (nSPS) is 10.5. The number of aryl methyl sites for hydroxylation is 1. The van der Waals surface area contributed by atoms with Gasteiger partial charge in [0.25, 0.3) is 5.91 Å². The van der Waals surface area contributed by atoms with Gasteiger partial charge < -0.3 is 11.1 Å². The third-order valence-electron chi connectivity index (χ3n) is 3.54. The number of carbonyl (C=O) groups excluding carboxylic acids is 1. The van der Waals surface area contributed by atoms with Crippen LogP contribution in [-0.4, -0.2) is 5.91 Å². The van der Waals surface area contributed by atoms with Gasteiger partial charge in [-0.15, -0.1) is 0 Å². The van der Waals surface area contributed by atoms with Crippen molar-refractivity contribution in [3.63, 3.8) is 0 Å². The molecule has 3 N–H and O–H groups in total. The molecule has 0 aliphatic heterocycles. The van der Waals surface area contributed by atoms with E-state index in [0.29, 0.717) is 11.3 Å². The van der Waals surface area contributed by atoms with Gasteiger partial charge in [0, 0.05) is 16.9 Å². The molecule has 0 spiro atoms. The number of anilines is 2. The highest BCUT2D eigenvalue weighted by Crippen LogP contribution is 2.20. The molecule has 0 bridgehead atoms. The van der Waals surface area contributed by atoms with Gasteiger partial charge in [-0.1, -0.05) is 30.3 Å². The number of hydrogen-bond donors (Lipinski definition) is 2. The lowest BCUT2D eigenvalue weighted by molar-refractivity contribution is 0.102. The Balaban J connectivity index is 1.87. The van der Waals surface area contributed by atoms with Gasteiger partial charge in [0.15, 0.2) is 0 Å². The fraction of sp³-hybridized carbons (Fsp3) is 0.0556. The number of nitrogens with one attached hydrogen (secondary N) is 1. The number of nitrogens with two attached hydrogens (primary N) is 1. The van der Waals surface area contributed by atoms with Crippen molar-refractivity contribution in [3.8, 4) is 0 Å². The average molecular weight is 276 g/mol. The average Bonchev–Trinajstić information content (AvgIpc) is 2.50. The number of carbonyl (C=O) groups is 1. The van der Waals surface area contributed by atoms with Crippen LogP contribution in [0.1, 0.15) is 15.9 Å². The number of benzene rings is 3. The molecule has 3 aromatic rings. The zero-order valence-electron chi connectivity index (χ0n) is 11.8. The Morgan fingerprint density at radius 3 is 2.48 bits per heavy atom. The van der Waals surface area contributed by atoms with Crippen LogP contribution in [0.2, 0.25) is 0 Å². The smallest absolute Gasteiger partial charge is 0.255 e. The fourth-order valence-electron chi connectivity index (χ4n) is 2.29. The number of amides is 1. The zero-order chi connectivity index (χ0) is 14.8. The summed E-state index contributed by atoms with van der Waals surface area (Å²) in [5, 5.41) is 5.17. The van der Waals surface area contributed by atoms with Crippen molar-refractivity contribution in [1.29, 1.82) is 0 Å². The quantitative estimate of drug-likeness (QED) is 0.695. The van der Waals surface area contributed by atoms with E-state index >= 15 is 0 Å². The Bertz CT molecular complexity index is 824. The van der Waals surface area contributed by atoms with Gasteiger partial charge in [-0.2, -0.15) is 0 Å². The Morgan fingerprint density at radius 1 is 0.952 bits per heavy atom. The first-order valence-electron chi connectivity index (χ1n) is 6.80. The Labute approximate surface area is 123 Å². The van der Waals surface area contributed by atoms with Gasteiger partial charge in [-0.05, 0) is 53.6 Å². The lowest BCUT2D eigenvalue weighted by Crippen LogP contribution is -2.12. The maximum Gasteiger partial charge on any atom is 0.255 e. The van der Waals surface area contributed by atoms with E-state index in [0.717, 1.165) is 22.0 Å². The van der Waals surface area contributed by atoms with Crippen LogP contribution >= 0.6 is 0 Å². The van der Waals surface area contributed by atoms with Crippen LogP contribution in [0.5, 0.6) is 0 Å². The monoisotopic (exact) mass is 276 g/mol. The van der Waals surface area contributed by atoms with Crippen molar-refractivity contribution in [2.24, 2.45) is 0 Å². The van der Waals surface area contributed by atoms with E-state index in [4.69, 9.17) is 5.73 Å². The highest BCUT2D eigenvalue weighted by Gasteiger charge is 2.07. The Morgan fingerprint density at radius 2 is 1.71 bits per heavy atom. The van der Waals surface area contributed by atoms with Gasteiger partial charge in [-0.3, -0.25) is 4.79 Å². The molecule has 3 nitrogen and oxygen atoms in total. The molecule has 0 atom stereocenters. The molecule has 0 aliphatic rings. The molecule has 0 aliphatic carbocycles. The molecule has 0 aromatic heterocycles. The number of nitrogen functional groups attached to an aromatic ring is 1. The number of fused-ring (bicyclic) bond motifs is 1. The summed E-state index contributed by atoms with van der Waals surface area (Å²) in [6, 6.07) is 19.2. The topological polar surface area (TPSA) is 55.1 Å². The van der Waals surface area contributed by atoms with E-state index in [1.807, 2.05) is 49.4 Å². The second-order valence-electron chi connectivity index (χ2n) is 5.09. The second kappa shape index (κ2) is 5.29. The van der Waals surface area contributed by atoms with Crippen LogP contribution in [0, 0.1) is 6.92 Å². The molecule has 3 heteroatoms. The first kappa shape index (κ1) is 13.2. The fourth-order valence-corrected chi connectivity index (χ4v) is 2.29. The highest BCUT2D eigenvalue weighted by molar-refractivity contribution is 6.05. The molecule has 3 aromatic carbocycles. The second-order valence-corrected chi connectivity index (χ2v) is 5.09. The van der Waals surface area contributed by atoms with E-state index in [1.54, 1.807) is 18.2 Å². The first-order valence-corrected chi connectivity index (χ1v) is 6.80. The molecule has 104 valence electrons. The summed E-state index contributed by atoms with van der Waals surface area (Å²) in [4.78, 5) is 12.3. The first-order chi connectivity index (χ1) is 10.1. The summed E-state index contributed by atoms with van der Waals surface area (Å²) in [6.45, 7) is 1.89. The Kier molecular flexibility index (Phi) is 3.32. The molecule has 0 saturated carbocycles. The molecule has 0 fully saturated rings. The lowest BCUT2D eigenvalue weighted by atomic mass is 10.1. The summed E-state index contributed by atoms with van der Waals surface area (Å²) < 4.78 is 0. The van der Waals surface area contributed by atoms with E-state index in [2.05, 4.69) is 5.32 Å². The van der Waals surface area contributed by atoms with Crippen molar-refractivity contribution in [2.45, 2.75) is 6.92 Å². The summed E-state index contributed by atoms with van der Waals surface area (Å²) in [6.07, 6.45) is 0. The summed E-state index contributed by atoms with van der Waals surface area (Å²) >= 11 is 0. The largest absolute Gasteiger partial charge is 0.399 e. The van der Waals surface area contributed by atoms with Crippen LogP contribution in [0.3, 0.4) is 0 Å². The van der Waals surface area contributed by atoms with E-state index in [9.17, 15) is 4.79 Å². The standard InChI is InChI=1S/C18H16N2O/c1-12-10-15(7-9-17(12)19)18(21)20-16-8-6-13-4-2-3-5-14(13)11-16/h2-11H,19H2,1H3,(H,20,21). The summed E-state index contributed by atoms with van der Waals surface area (Å²) in [5.74, 6) is -0.131. The maximum atomic E-state index is 12.3. The van der Waals surface area contributed by atoms with Crippen LogP contribution in [0.15, 0.2) is 60.7 Å². The zero-order valence-corrected chi connectivity index (χ0v) is 11.8. The molecule has 21 heavy (non-hydrogen) atoms. The third kappa shape index (κ3) is 2.72. The molecule has 3 rings (SSSR count). The molecule has 0 heterocycles. The predicted octanol–water partition coefficient (Wildman–Crippen LogP) is 3.98. The number of hydrogen-bond acceptors (Lipinski definition) is 2. The maximum absolute atomic E-state index is 12.3. The molecule has 1 amide bonds. The summed E-state index contributed by atoms with van der Waals surface area (Å²) in [7, 11) is 0. The van der Waals surface area contributed by atoms with E-state index < -0.39 is 0 Å². The SMILES string of the molecule is Cc1cc(C(=O)Nc2ccc3ccccc3c2)ccc1N. The van der Waals surface area contributed by atoms with E-state index in [-0.39, 0.29) is 5.91 Å². The van der Waals surface area contributed by atoms with Crippen LogP contribution < -0.4 is 11.1 Å². The van der Waals surface area contributed by atoms with Crippen molar-refractivity contribution < 1.29 is 4.79 Å². The lowest BCUT2D eigenvalue weighted by Gasteiger charge is -2.08. The van der Waals surface area contributed by atoms with Gasteiger partial charge in [0.1, 0.15) is 0 Å². The van der Waals surface area contributed by atoms with Gasteiger partial charge in [-0.25, -0.2) is 0 Å². The van der Waals surface area contributed by atoms with Gasteiger partial charge >= 0.3 is 0 Å². The van der Waals surface area contributed by atoms with Crippen molar-refractivity contribution in [1.82, 2.24) is 0 Å². The van der Waals surface area contributed by atoms with Crippen molar-refractivity contribution in [3.05, 3.63) is 71.8 Å². The molecular formula is C18H16N2O. The third-order valence-corrected chi connectivity index (χ3v) is 3.54. The predicted molar refractivity (Wildman–Crippen MR) is 87.5 cm³/mol. The minimum Gasteiger partial charge on any atom is -0.399 e. The molecular weight excluding hydrogens is 260 g/mol. The van der Waals surface area contributed by atoms with Crippen molar-refractivity contribution in [2.75, 3.05) is 11.1 Å². The molecule has 0 unspecified atom stereocenters. The van der Waals surface area contributed by atoms with Gasteiger partial charge in [0.2, 0.25) is 0 Å². The Hall–Kier alpha value is -2.81. The summed E-state index contributed by atoms with van der Waals surface area (Å²) in [5.41, 5.74) is 8.76. The van der Waals surface area contributed by atoms with E-state index in [1.165, 1.54) is 0 Å². The van der Waals surface area contributed by atoms with Crippen LogP contribution in [0.4, 0.5) is 11.4 Å². The minimum absolute atomic E-state index is 0.131. The minimum atomic E-state index is -0.131. The highest BCUT2D eigenvalue weighted by atomic mass is 16.1. The molecule has 0 radical (unpaired) electrons.